The van der Waals surface area contributed by atoms with Crippen molar-refractivity contribution in [1.82, 2.24) is 0 Å². The smallest absolute Gasteiger partial charge is 0.419 e. The van der Waals surface area contributed by atoms with Crippen LogP contribution < -0.4 is 4.74 Å². The molecule has 0 amide bonds. The zero-order valence-corrected chi connectivity index (χ0v) is 25.8. The molecule has 3 aromatic carbocycles. The zero-order valence-electron chi connectivity index (χ0n) is 25.8. The monoisotopic (exact) mass is 648 g/mol. The van der Waals surface area contributed by atoms with Gasteiger partial charge in [-0.2, -0.15) is 8.78 Å². The van der Waals surface area contributed by atoms with Gasteiger partial charge in [-0.15, -0.1) is 0 Å². The van der Waals surface area contributed by atoms with Gasteiger partial charge in [0.15, 0.2) is 17.5 Å². The predicted molar refractivity (Wildman–Crippen MR) is 164 cm³/mol. The molecule has 248 valence electrons. The lowest BCUT2D eigenvalue weighted by Gasteiger charge is -2.38. The molecule has 1 saturated heterocycles. The summed E-state index contributed by atoms with van der Waals surface area (Å²) < 4.78 is 108. The number of halogens is 7. The summed E-state index contributed by atoms with van der Waals surface area (Å²) in [5.74, 6) is -6.76. The van der Waals surface area contributed by atoms with Crippen molar-refractivity contribution >= 4 is 6.08 Å². The first-order valence-corrected chi connectivity index (χ1v) is 16.1. The number of benzene rings is 3. The predicted octanol–water partition coefficient (Wildman–Crippen LogP) is 11.4. The fourth-order valence-corrected chi connectivity index (χ4v) is 6.75. The molecule has 1 aliphatic carbocycles. The first kappa shape index (κ1) is 34.0. The van der Waals surface area contributed by atoms with Crippen LogP contribution in [0, 0.1) is 40.9 Å². The summed E-state index contributed by atoms with van der Waals surface area (Å²) in [6.07, 6.45) is 8.54. The van der Waals surface area contributed by atoms with Crippen LogP contribution in [0.15, 0.2) is 54.6 Å². The Morgan fingerprint density at radius 3 is 2.02 bits per heavy atom. The second-order valence-corrected chi connectivity index (χ2v) is 12.6. The Morgan fingerprint density at radius 2 is 1.43 bits per heavy atom. The van der Waals surface area contributed by atoms with Gasteiger partial charge in [0.05, 0.1) is 6.10 Å². The van der Waals surface area contributed by atoms with Gasteiger partial charge in [0.2, 0.25) is 0 Å². The Kier molecular flexibility index (Phi) is 11.1. The third-order valence-corrected chi connectivity index (χ3v) is 9.37. The van der Waals surface area contributed by atoms with Crippen molar-refractivity contribution in [2.45, 2.75) is 89.3 Å². The maximum atomic E-state index is 14.9. The highest BCUT2D eigenvalue weighted by Crippen LogP contribution is 2.41. The quantitative estimate of drug-likeness (QED) is 0.117. The molecular formula is C37H39F7O2. The minimum atomic E-state index is -4.20. The van der Waals surface area contributed by atoms with E-state index in [-0.39, 0.29) is 23.8 Å². The Hall–Kier alpha value is -3.33. The van der Waals surface area contributed by atoms with Crippen LogP contribution in [0.5, 0.6) is 5.75 Å². The van der Waals surface area contributed by atoms with Crippen LogP contribution in [0.4, 0.5) is 30.7 Å². The average Bonchev–Trinajstić information content (AvgIpc) is 3.03. The van der Waals surface area contributed by atoms with E-state index in [1.165, 1.54) is 37.7 Å². The summed E-state index contributed by atoms with van der Waals surface area (Å²) >= 11 is 0. The second kappa shape index (κ2) is 15.1. The number of unbranched alkanes of at least 4 members (excludes halogenated alkanes) is 2. The van der Waals surface area contributed by atoms with E-state index < -0.39 is 46.5 Å². The van der Waals surface area contributed by atoms with E-state index in [0.717, 1.165) is 50.8 Å². The molecule has 9 heteroatoms. The first-order chi connectivity index (χ1) is 22.0. The molecule has 1 saturated carbocycles. The maximum Gasteiger partial charge on any atom is 0.419 e. The maximum absolute atomic E-state index is 14.9. The van der Waals surface area contributed by atoms with Crippen LogP contribution in [0.2, 0.25) is 0 Å². The number of alkyl halides is 2. The topological polar surface area (TPSA) is 18.5 Å². The van der Waals surface area contributed by atoms with Crippen LogP contribution in [-0.2, 0) is 4.74 Å². The lowest BCUT2D eigenvalue weighted by molar-refractivity contribution is -0.131. The molecule has 0 N–H and O–H groups in total. The van der Waals surface area contributed by atoms with E-state index in [0.29, 0.717) is 35.5 Å². The van der Waals surface area contributed by atoms with Crippen molar-refractivity contribution in [3.05, 3.63) is 94.8 Å². The zero-order chi connectivity index (χ0) is 32.8. The van der Waals surface area contributed by atoms with E-state index in [1.807, 2.05) is 12.1 Å². The van der Waals surface area contributed by atoms with E-state index in [1.54, 1.807) is 12.1 Å². The molecule has 2 aliphatic rings. The van der Waals surface area contributed by atoms with Gasteiger partial charge in [0, 0.05) is 30.4 Å². The van der Waals surface area contributed by atoms with Crippen LogP contribution in [0.25, 0.3) is 17.2 Å². The van der Waals surface area contributed by atoms with Crippen LogP contribution in [-0.4, -0.2) is 18.8 Å². The first-order valence-electron chi connectivity index (χ1n) is 16.1. The molecular weight excluding hydrogens is 609 g/mol. The van der Waals surface area contributed by atoms with Gasteiger partial charge in [0.1, 0.15) is 17.4 Å². The largest absolute Gasteiger partial charge is 0.429 e. The molecule has 0 bridgehead atoms. The highest BCUT2D eigenvalue weighted by molar-refractivity contribution is 5.67. The standard InChI is InChI=1S/C37H39F7O2/c1-2-3-4-5-23-6-15-35(45-22-23)27-13-11-25(12-14-27)24-7-9-26(10-8-24)28-18-31(38)30(32(39)19-28)16-17-37(43,44)46-29-20-33(40)36(42)34(41)21-29/h7-10,16-21,23,25,27,35H,2-6,11-15,22H2,1H3/b17-16+. The molecule has 3 aromatic rings. The fourth-order valence-electron chi connectivity index (χ4n) is 6.75. The van der Waals surface area contributed by atoms with Crippen molar-refractivity contribution in [2.75, 3.05) is 6.61 Å². The Bertz CT molecular complexity index is 1440. The molecule has 2 unspecified atom stereocenters. The molecule has 0 aromatic heterocycles. The van der Waals surface area contributed by atoms with Crippen molar-refractivity contribution in [2.24, 2.45) is 11.8 Å². The Morgan fingerprint density at radius 1 is 0.783 bits per heavy atom. The normalized spacial score (nSPS) is 22.3. The number of hydrogen-bond donors (Lipinski definition) is 0. The molecule has 5 rings (SSSR count). The lowest BCUT2D eigenvalue weighted by Crippen LogP contribution is -2.34. The van der Waals surface area contributed by atoms with Gasteiger partial charge < -0.3 is 9.47 Å². The van der Waals surface area contributed by atoms with Gasteiger partial charge in [-0.1, -0.05) is 50.5 Å². The molecule has 0 spiro atoms. The van der Waals surface area contributed by atoms with E-state index in [4.69, 9.17) is 4.74 Å². The number of rotatable bonds is 11. The van der Waals surface area contributed by atoms with Gasteiger partial charge in [-0.25, -0.2) is 22.0 Å². The van der Waals surface area contributed by atoms with Crippen molar-refractivity contribution in [3.8, 4) is 16.9 Å². The average molecular weight is 649 g/mol. The van der Waals surface area contributed by atoms with Gasteiger partial charge in [0.25, 0.3) is 0 Å². The molecule has 0 radical (unpaired) electrons. The molecule has 2 atom stereocenters. The summed E-state index contributed by atoms with van der Waals surface area (Å²) in [7, 11) is 0. The van der Waals surface area contributed by atoms with Gasteiger partial charge in [-0.3, -0.25) is 0 Å². The van der Waals surface area contributed by atoms with Gasteiger partial charge in [-0.05, 0) is 97.6 Å². The number of hydrogen-bond acceptors (Lipinski definition) is 2. The number of ether oxygens (including phenoxy) is 2. The highest BCUT2D eigenvalue weighted by atomic mass is 19.3. The fraction of sp³-hybridized carbons (Fsp3) is 0.459. The minimum Gasteiger partial charge on any atom is -0.429 e. The summed E-state index contributed by atoms with van der Waals surface area (Å²) in [5, 5.41) is 0. The highest BCUT2D eigenvalue weighted by Gasteiger charge is 2.32. The summed E-state index contributed by atoms with van der Waals surface area (Å²) in [5.41, 5.74) is 1.24. The SMILES string of the molecule is CCCCCC1CCC(C2CCC(c3ccc(-c4cc(F)c(/C=C/C(F)(F)Oc5cc(F)c(F)c(F)c5)c(F)c4)cc3)CC2)OC1. The van der Waals surface area contributed by atoms with E-state index in [9.17, 15) is 30.7 Å². The second-order valence-electron chi connectivity index (χ2n) is 12.6. The van der Waals surface area contributed by atoms with Gasteiger partial charge >= 0.3 is 6.11 Å². The summed E-state index contributed by atoms with van der Waals surface area (Å²) in [4.78, 5) is 0. The van der Waals surface area contributed by atoms with Crippen molar-refractivity contribution in [3.63, 3.8) is 0 Å². The minimum absolute atomic E-state index is 0.0443. The van der Waals surface area contributed by atoms with Crippen LogP contribution >= 0.6 is 0 Å². The Labute approximate surface area is 265 Å². The van der Waals surface area contributed by atoms with E-state index in [2.05, 4.69) is 11.7 Å². The van der Waals surface area contributed by atoms with Crippen LogP contribution in [0.1, 0.15) is 88.2 Å². The van der Waals surface area contributed by atoms with E-state index >= 15 is 0 Å². The Balaban J connectivity index is 1.16. The summed E-state index contributed by atoms with van der Waals surface area (Å²) in [6, 6.07) is 10.1. The van der Waals surface area contributed by atoms with Crippen LogP contribution in [0.3, 0.4) is 0 Å². The third kappa shape index (κ3) is 8.52. The molecule has 1 aliphatic heterocycles. The molecule has 46 heavy (non-hydrogen) atoms. The summed E-state index contributed by atoms with van der Waals surface area (Å²) in [6.45, 7) is 3.11. The molecule has 2 nitrogen and oxygen atoms in total. The third-order valence-electron chi connectivity index (χ3n) is 9.37. The molecule has 2 fully saturated rings. The van der Waals surface area contributed by atoms with Crippen molar-refractivity contribution < 1.29 is 40.2 Å². The van der Waals surface area contributed by atoms with Crippen molar-refractivity contribution in [1.29, 1.82) is 0 Å². The molecule has 1 heterocycles. The lowest BCUT2D eigenvalue weighted by atomic mass is 9.75.